The summed E-state index contributed by atoms with van der Waals surface area (Å²) in [6.45, 7) is 3.10. The fourth-order valence-electron chi connectivity index (χ4n) is 3.18. The Morgan fingerprint density at radius 2 is 1.28 bits per heavy atom. The first-order chi connectivity index (χ1) is 13.8. The lowest BCUT2D eigenvalue weighted by atomic mass is 9.73. The number of carbonyl (C=O) groups excluding carboxylic acids is 2. The predicted octanol–water partition coefficient (Wildman–Crippen LogP) is 1.77. The SMILES string of the molecule is CC(CCC(=O)NCCC(=O)NCCN)(c1ccc(O)cc1)c1ccc(O)cc1. The number of amides is 2. The molecule has 2 amide bonds. The third-order valence-corrected chi connectivity index (χ3v) is 5.00. The molecular weight excluding hydrogens is 370 g/mol. The second-order valence-electron chi connectivity index (χ2n) is 7.16. The number of aromatic hydroxyl groups is 2. The molecule has 6 N–H and O–H groups in total. The van der Waals surface area contributed by atoms with E-state index in [4.69, 9.17) is 5.73 Å². The molecule has 0 atom stereocenters. The Morgan fingerprint density at radius 3 is 1.76 bits per heavy atom. The van der Waals surface area contributed by atoms with Gasteiger partial charge in [0.1, 0.15) is 11.5 Å². The van der Waals surface area contributed by atoms with Gasteiger partial charge in [0, 0.05) is 37.9 Å². The molecule has 2 aromatic carbocycles. The molecule has 0 unspecified atom stereocenters. The Morgan fingerprint density at radius 1 is 0.828 bits per heavy atom. The summed E-state index contributed by atoms with van der Waals surface area (Å²) in [5.41, 5.74) is 6.75. The fraction of sp³-hybridized carbons (Fsp3) is 0.364. The van der Waals surface area contributed by atoms with E-state index < -0.39 is 5.41 Å². The van der Waals surface area contributed by atoms with Crippen LogP contribution in [0.4, 0.5) is 0 Å². The highest BCUT2D eigenvalue weighted by molar-refractivity contribution is 5.79. The number of carbonyl (C=O) groups is 2. The number of phenols is 2. The summed E-state index contributed by atoms with van der Waals surface area (Å²) in [4.78, 5) is 23.9. The van der Waals surface area contributed by atoms with Crippen LogP contribution in [0.2, 0.25) is 0 Å². The van der Waals surface area contributed by atoms with Gasteiger partial charge < -0.3 is 26.6 Å². The lowest BCUT2D eigenvalue weighted by Crippen LogP contribution is -2.34. The molecule has 0 aliphatic heterocycles. The molecule has 0 saturated carbocycles. The van der Waals surface area contributed by atoms with E-state index in [0.717, 1.165) is 11.1 Å². The highest BCUT2D eigenvalue weighted by Crippen LogP contribution is 2.37. The Kier molecular flexibility index (Phi) is 8.03. The summed E-state index contributed by atoms with van der Waals surface area (Å²) in [6, 6.07) is 13.8. The van der Waals surface area contributed by atoms with Gasteiger partial charge in [-0.1, -0.05) is 31.2 Å². The molecule has 0 spiro atoms. The zero-order chi connectivity index (χ0) is 21.3. The van der Waals surface area contributed by atoms with E-state index in [-0.39, 0.29) is 42.7 Å². The van der Waals surface area contributed by atoms with Gasteiger partial charge in [0.25, 0.3) is 0 Å². The molecule has 2 rings (SSSR count). The van der Waals surface area contributed by atoms with Gasteiger partial charge in [-0.15, -0.1) is 0 Å². The van der Waals surface area contributed by atoms with Crippen LogP contribution in [0.15, 0.2) is 48.5 Å². The number of rotatable bonds is 10. The largest absolute Gasteiger partial charge is 0.508 e. The van der Waals surface area contributed by atoms with E-state index in [0.29, 0.717) is 19.5 Å². The monoisotopic (exact) mass is 399 g/mol. The summed E-state index contributed by atoms with van der Waals surface area (Å²) < 4.78 is 0. The lowest BCUT2D eigenvalue weighted by molar-refractivity contribution is -0.122. The predicted molar refractivity (Wildman–Crippen MR) is 112 cm³/mol. The maximum Gasteiger partial charge on any atom is 0.221 e. The highest BCUT2D eigenvalue weighted by atomic mass is 16.3. The van der Waals surface area contributed by atoms with Crippen molar-refractivity contribution < 1.29 is 19.8 Å². The molecule has 29 heavy (non-hydrogen) atoms. The van der Waals surface area contributed by atoms with Crippen molar-refractivity contribution in [2.45, 2.75) is 31.6 Å². The van der Waals surface area contributed by atoms with Crippen molar-refractivity contribution >= 4 is 11.8 Å². The molecule has 0 aliphatic rings. The maximum absolute atomic E-state index is 12.3. The van der Waals surface area contributed by atoms with E-state index >= 15 is 0 Å². The lowest BCUT2D eigenvalue weighted by Gasteiger charge is -2.31. The third kappa shape index (κ3) is 6.50. The van der Waals surface area contributed by atoms with Crippen LogP contribution in [0, 0.1) is 0 Å². The van der Waals surface area contributed by atoms with Gasteiger partial charge in [0.05, 0.1) is 0 Å². The van der Waals surface area contributed by atoms with E-state index in [2.05, 4.69) is 10.6 Å². The zero-order valence-electron chi connectivity index (χ0n) is 16.6. The van der Waals surface area contributed by atoms with Crippen LogP contribution in [0.1, 0.15) is 37.3 Å². The van der Waals surface area contributed by atoms with Crippen molar-refractivity contribution in [1.29, 1.82) is 0 Å². The molecule has 0 saturated heterocycles. The topological polar surface area (TPSA) is 125 Å². The second kappa shape index (κ2) is 10.5. The first-order valence-electron chi connectivity index (χ1n) is 9.67. The van der Waals surface area contributed by atoms with Crippen LogP contribution in [-0.2, 0) is 15.0 Å². The molecule has 0 bridgehead atoms. The van der Waals surface area contributed by atoms with Crippen molar-refractivity contribution in [3.05, 3.63) is 59.7 Å². The summed E-state index contributed by atoms with van der Waals surface area (Å²) in [5, 5.41) is 24.6. The Hall–Kier alpha value is -3.06. The van der Waals surface area contributed by atoms with Crippen LogP contribution >= 0.6 is 0 Å². The minimum absolute atomic E-state index is 0.139. The normalized spacial score (nSPS) is 11.1. The summed E-state index contributed by atoms with van der Waals surface area (Å²) >= 11 is 0. The molecular formula is C22H29N3O4. The third-order valence-electron chi connectivity index (χ3n) is 5.00. The number of benzene rings is 2. The van der Waals surface area contributed by atoms with E-state index in [9.17, 15) is 19.8 Å². The molecule has 7 nitrogen and oxygen atoms in total. The Labute approximate surface area is 170 Å². The average Bonchev–Trinajstić information content (AvgIpc) is 2.71. The molecule has 0 heterocycles. The van der Waals surface area contributed by atoms with Crippen molar-refractivity contribution in [1.82, 2.24) is 10.6 Å². The first-order valence-corrected chi connectivity index (χ1v) is 9.67. The smallest absolute Gasteiger partial charge is 0.221 e. The van der Waals surface area contributed by atoms with Crippen LogP contribution in [0.3, 0.4) is 0 Å². The minimum Gasteiger partial charge on any atom is -0.508 e. The number of phenolic OH excluding ortho intramolecular Hbond substituents is 2. The van der Waals surface area contributed by atoms with Gasteiger partial charge in [-0.05, 0) is 41.8 Å². The van der Waals surface area contributed by atoms with Crippen molar-refractivity contribution in [2.75, 3.05) is 19.6 Å². The number of hydrogen-bond acceptors (Lipinski definition) is 5. The summed E-state index contributed by atoms with van der Waals surface area (Å²) in [7, 11) is 0. The molecule has 2 aromatic rings. The van der Waals surface area contributed by atoms with Crippen molar-refractivity contribution in [3.8, 4) is 11.5 Å². The van der Waals surface area contributed by atoms with Crippen molar-refractivity contribution in [3.63, 3.8) is 0 Å². The molecule has 7 heteroatoms. The highest BCUT2D eigenvalue weighted by Gasteiger charge is 2.29. The maximum atomic E-state index is 12.3. The first kappa shape index (κ1) is 22.2. The molecule has 0 aromatic heterocycles. The van der Waals surface area contributed by atoms with E-state index in [1.165, 1.54) is 0 Å². The number of nitrogens with two attached hydrogens (primary N) is 1. The quantitative estimate of drug-likeness (QED) is 0.416. The summed E-state index contributed by atoms with van der Waals surface area (Å²) in [6.07, 6.45) is 0.995. The van der Waals surface area contributed by atoms with Gasteiger partial charge in [-0.25, -0.2) is 0 Å². The van der Waals surface area contributed by atoms with Crippen LogP contribution < -0.4 is 16.4 Å². The Bertz CT molecular complexity index is 758. The molecule has 0 aliphatic carbocycles. The van der Waals surface area contributed by atoms with Gasteiger partial charge >= 0.3 is 0 Å². The van der Waals surface area contributed by atoms with Gasteiger partial charge in [-0.2, -0.15) is 0 Å². The van der Waals surface area contributed by atoms with E-state index in [1.54, 1.807) is 24.3 Å². The van der Waals surface area contributed by atoms with Crippen LogP contribution in [0.25, 0.3) is 0 Å². The van der Waals surface area contributed by atoms with Gasteiger partial charge in [0.15, 0.2) is 0 Å². The van der Waals surface area contributed by atoms with E-state index in [1.807, 2.05) is 31.2 Å². The molecule has 0 radical (unpaired) electrons. The number of nitrogens with one attached hydrogen (secondary N) is 2. The van der Waals surface area contributed by atoms with Crippen LogP contribution in [0.5, 0.6) is 11.5 Å². The second-order valence-corrected chi connectivity index (χ2v) is 7.16. The van der Waals surface area contributed by atoms with Crippen LogP contribution in [-0.4, -0.2) is 41.7 Å². The molecule has 0 fully saturated rings. The minimum atomic E-state index is -0.489. The average molecular weight is 399 g/mol. The zero-order valence-corrected chi connectivity index (χ0v) is 16.6. The fourth-order valence-corrected chi connectivity index (χ4v) is 3.18. The standard InChI is InChI=1S/C22H29N3O4/c1-22(16-2-6-18(26)7-3-16,17-4-8-19(27)9-5-17)12-10-20(28)24-14-11-21(29)25-15-13-23/h2-9,26-27H,10-15,23H2,1H3,(H,24,28)(H,25,29). The van der Waals surface area contributed by atoms with Crippen molar-refractivity contribution in [2.24, 2.45) is 5.73 Å². The van der Waals surface area contributed by atoms with Gasteiger partial charge in [-0.3, -0.25) is 9.59 Å². The Balaban J connectivity index is 2.03. The number of hydrogen-bond donors (Lipinski definition) is 5. The summed E-state index contributed by atoms with van der Waals surface area (Å²) in [5.74, 6) is 0.0640. The van der Waals surface area contributed by atoms with Gasteiger partial charge in [0.2, 0.25) is 11.8 Å². The molecule has 156 valence electrons.